The molecule has 0 heterocycles. The Morgan fingerprint density at radius 3 is 2.18 bits per heavy atom. The average molecular weight is 480 g/mol. The van der Waals surface area contributed by atoms with E-state index < -0.39 is 22.5 Å². The first-order chi connectivity index (χ1) is 16.2. The molecule has 0 unspecified atom stereocenters. The van der Waals surface area contributed by atoms with Gasteiger partial charge in [0, 0.05) is 6.04 Å². The molecule has 34 heavy (non-hydrogen) atoms. The standard InChI is InChI=1S/C26H29N3O4S/c1-4-20-12-8-11-17-24(20)29(34(32,33)21-13-6-5-7-14-21)18-25(30)28-23-16-10-9-15-22(23)26(31)27-19(2)3/h5-17,19H,4,18H2,1-3H3,(H,27,31)(H,28,30). The monoisotopic (exact) mass is 479 g/mol. The van der Waals surface area contributed by atoms with Crippen molar-refractivity contribution in [3.05, 3.63) is 90.0 Å². The SMILES string of the molecule is CCc1ccccc1N(CC(=O)Nc1ccccc1C(=O)NC(C)C)S(=O)(=O)c1ccccc1. The Kier molecular flexibility index (Phi) is 8.07. The fourth-order valence-corrected chi connectivity index (χ4v) is 5.00. The molecule has 178 valence electrons. The van der Waals surface area contributed by atoms with E-state index in [0.29, 0.717) is 23.4 Å². The molecular weight excluding hydrogens is 450 g/mol. The molecule has 0 spiro atoms. The number of carbonyl (C=O) groups is 2. The number of hydrogen-bond acceptors (Lipinski definition) is 4. The first kappa shape index (κ1) is 25.0. The Bertz CT molecular complexity index is 1260. The fraction of sp³-hybridized carbons (Fsp3) is 0.231. The number of nitrogens with one attached hydrogen (secondary N) is 2. The molecule has 7 nitrogen and oxygen atoms in total. The highest BCUT2D eigenvalue weighted by Gasteiger charge is 2.28. The van der Waals surface area contributed by atoms with Gasteiger partial charge < -0.3 is 10.6 Å². The molecule has 0 aromatic heterocycles. The molecule has 8 heteroatoms. The number of benzene rings is 3. The van der Waals surface area contributed by atoms with Crippen molar-refractivity contribution < 1.29 is 18.0 Å². The molecule has 0 aliphatic carbocycles. The number of aryl methyl sites for hydroxylation is 1. The summed E-state index contributed by atoms with van der Waals surface area (Å²) in [6.45, 7) is 5.16. The van der Waals surface area contributed by atoms with E-state index >= 15 is 0 Å². The summed E-state index contributed by atoms with van der Waals surface area (Å²) in [6, 6.07) is 21.7. The van der Waals surface area contributed by atoms with Crippen molar-refractivity contribution in [3.8, 4) is 0 Å². The molecular formula is C26H29N3O4S. The van der Waals surface area contributed by atoms with Crippen LogP contribution in [-0.4, -0.2) is 32.8 Å². The summed E-state index contributed by atoms with van der Waals surface area (Å²) in [4.78, 5) is 25.8. The van der Waals surface area contributed by atoms with Crippen molar-refractivity contribution in [3.63, 3.8) is 0 Å². The lowest BCUT2D eigenvalue weighted by molar-refractivity contribution is -0.114. The molecule has 0 atom stereocenters. The van der Waals surface area contributed by atoms with Crippen LogP contribution in [0.2, 0.25) is 0 Å². The van der Waals surface area contributed by atoms with E-state index in [9.17, 15) is 18.0 Å². The van der Waals surface area contributed by atoms with Crippen molar-refractivity contribution >= 4 is 33.2 Å². The summed E-state index contributed by atoms with van der Waals surface area (Å²) in [5.74, 6) is -0.883. The lowest BCUT2D eigenvalue weighted by Crippen LogP contribution is -2.39. The minimum atomic E-state index is -4.02. The zero-order valence-electron chi connectivity index (χ0n) is 19.5. The second kappa shape index (κ2) is 11.0. The highest BCUT2D eigenvalue weighted by molar-refractivity contribution is 7.92. The third-order valence-electron chi connectivity index (χ3n) is 5.13. The number of para-hydroxylation sites is 2. The maximum atomic E-state index is 13.6. The Morgan fingerprint density at radius 2 is 1.50 bits per heavy atom. The summed E-state index contributed by atoms with van der Waals surface area (Å²) in [5, 5.41) is 5.52. The zero-order valence-corrected chi connectivity index (χ0v) is 20.3. The zero-order chi connectivity index (χ0) is 24.7. The molecule has 0 bridgehead atoms. The second-order valence-corrected chi connectivity index (χ2v) is 9.89. The van der Waals surface area contributed by atoms with E-state index in [1.54, 1.807) is 54.6 Å². The molecule has 2 N–H and O–H groups in total. The van der Waals surface area contributed by atoms with Gasteiger partial charge in [0.05, 0.1) is 21.8 Å². The van der Waals surface area contributed by atoms with Crippen LogP contribution in [0.5, 0.6) is 0 Å². The van der Waals surface area contributed by atoms with Crippen LogP contribution in [0.3, 0.4) is 0 Å². The topological polar surface area (TPSA) is 95.6 Å². The Hall–Kier alpha value is -3.65. The highest BCUT2D eigenvalue weighted by Crippen LogP contribution is 2.28. The van der Waals surface area contributed by atoms with Crippen LogP contribution in [0, 0.1) is 0 Å². The van der Waals surface area contributed by atoms with E-state index in [-0.39, 0.29) is 16.8 Å². The van der Waals surface area contributed by atoms with Gasteiger partial charge in [0.15, 0.2) is 0 Å². The summed E-state index contributed by atoms with van der Waals surface area (Å²) in [5.41, 5.74) is 1.85. The number of nitrogens with zero attached hydrogens (tertiary/aromatic N) is 1. The number of rotatable bonds is 9. The van der Waals surface area contributed by atoms with Crippen molar-refractivity contribution in [2.24, 2.45) is 0 Å². The van der Waals surface area contributed by atoms with E-state index in [1.165, 1.54) is 12.1 Å². The van der Waals surface area contributed by atoms with Gasteiger partial charge in [-0.2, -0.15) is 0 Å². The van der Waals surface area contributed by atoms with Gasteiger partial charge in [-0.05, 0) is 56.2 Å². The average Bonchev–Trinajstić information content (AvgIpc) is 2.83. The predicted molar refractivity (Wildman–Crippen MR) is 134 cm³/mol. The second-order valence-electron chi connectivity index (χ2n) is 8.03. The number of carbonyl (C=O) groups excluding carboxylic acids is 2. The Labute approximate surface area is 200 Å². The van der Waals surface area contributed by atoms with Crippen LogP contribution in [0.4, 0.5) is 11.4 Å². The van der Waals surface area contributed by atoms with E-state index in [2.05, 4.69) is 10.6 Å². The molecule has 0 aliphatic heterocycles. The highest BCUT2D eigenvalue weighted by atomic mass is 32.2. The lowest BCUT2D eigenvalue weighted by atomic mass is 10.1. The maximum absolute atomic E-state index is 13.6. The van der Waals surface area contributed by atoms with Gasteiger partial charge in [-0.3, -0.25) is 13.9 Å². The van der Waals surface area contributed by atoms with Crippen molar-refractivity contribution in [2.75, 3.05) is 16.2 Å². The largest absolute Gasteiger partial charge is 0.350 e. The molecule has 2 amide bonds. The maximum Gasteiger partial charge on any atom is 0.264 e. The van der Waals surface area contributed by atoms with Gasteiger partial charge in [0.1, 0.15) is 6.54 Å². The van der Waals surface area contributed by atoms with Crippen LogP contribution in [0.25, 0.3) is 0 Å². The van der Waals surface area contributed by atoms with Crippen molar-refractivity contribution in [2.45, 2.75) is 38.1 Å². The smallest absolute Gasteiger partial charge is 0.264 e. The van der Waals surface area contributed by atoms with Gasteiger partial charge in [0.2, 0.25) is 5.91 Å². The summed E-state index contributed by atoms with van der Waals surface area (Å²) in [7, 11) is -4.02. The fourth-order valence-electron chi connectivity index (χ4n) is 3.52. The van der Waals surface area contributed by atoms with Gasteiger partial charge >= 0.3 is 0 Å². The van der Waals surface area contributed by atoms with Crippen molar-refractivity contribution in [1.29, 1.82) is 0 Å². The van der Waals surface area contributed by atoms with Crippen molar-refractivity contribution in [1.82, 2.24) is 5.32 Å². The van der Waals surface area contributed by atoms with Crippen LogP contribution >= 0.6 is 0 Å². The Morgan fingerprint density at radius 1 is 0.882 bits per heavy atom. The minimum absolute atomic E-state index is 0.0756. The number of amides is 2. The molecule has 3 aromatic carbocycles. The molecule has 0 saturated heterocycles. The van der Waals surface area contributed by atoms with Crippen LogP contribution in [0.1, 0.15) is 36.7 Å². The molecule has 3 aromatic rings. The summed E-state index contributed by atoms with van der Waals surface area (Å²) < 4.78 is 28.3. The van der Waals surface area contributed by atoms with E-state index in [1.807, 2.05) is 32.9 Å². The van der Waals surface area contributed by atoms with Gasteiger partial charge in [-0.25, -0.2) is 8.42 Å². The molecule has 0 fully saturated rings. The van der Waals surface area contributed by atoms with E-state index in [4.69, 9.17) is 0 Å². The number of sulfonamides is 1. The summed E-state index contributed by atoms with van der Waals surface area (Å²) >= 11 is 0. The quantitative estimate of drug-likeness (QED) is 0.480. The first-order valence-electron chi connectivity index (χ1n) is 11.1. The molecule has 0 saturated carbocycles. The third-order valence-corrected chi connectivity index (χ3v) is 6.90. The minimum Gasteiger partial charge on any atom is -0.350 e. The molecule has 0 aliphatic rings. The Balaban J connectivity index is 1.96. The van der Waals surface area contributed by atoms with Gasteiger partial charge in [-0.1, -0.05) is 55.5 Å². The summed E-state index contributed by atoms with van der Waals surface area (Å²) in [6.07, 6.45) is 0.594. The van der Waals surface area contributed by atoms with E-state index in [0.717, 1.165) is 9.87 Å². The normalized spacial score (nSPS) is 11.2. The molecule has 0 radical (unpaired) electrons. The predicted octanol–water partition coefficient (Wildman–Crippen LogP) is 4.22. The molecule has 3 rings (SSSR count). The first-order valence-corrected chi connectivity index (χ1v) is 12.5. The van der Waals surface area contributed by atoms with Crippen LogP contribution in [-0.2, 0) is 21.2 Å². The third kappa shape index (κ3) is 5.82. The van der Waals surface area contributed by atoms with Gasteiger partial charge in [-0.15, -0.1) is 0 Å². The number of hydrogen-bond donors (Lipinski definition) is 2. The van der Waals surface area contributed by atoms with Gasteiger partial charge in [0.25, 0.3) is 15.9 Å². The lowest BCUT2D eigenvalue weighted by Gasteiger charge is -2.26. The number of anilines is 2. The van der Waals surface area contributed by atoms with Crippen LogP contribution in [0.15, 0.2) is 83.8 Å². The van der Waals surface area contributed by atoms with Crippen LogP contribution < -0.4 is 14.9 Å².